The lowest BCUT2D eigenvalue weighted by atomic mass is 9.83. The highest BCUT2D eigenvalue weighted by Crippen LogP contribution is 2.54. The average molecular weight is 557 g/mol. The maximum Gasteiger partial charge on any atom is 0.416 e. The van der Waals surface area contributed by atoms with Gasteiger partial charge in [0.25, 0.3) is 0 Å². The number of halogens is 5. The SMILES string of the molecule is O=C(c1ccc(Cl)cc1Cl)[C@@H]1[C@@H]2C(=O)N(c3cccc(C(F)(F)F)c3)C(=O)[C@@H]2[C@H]2c3ccccc3C=CN12. The zero-order valence-electron chi connectivity index (χ0n) is 19.3. The zero-order valence-corrected chi connectivity index (χ0v) is 20.8. The first-order chi connectivity index (χ1) is 18.1. The Morgan fingerprint density at radius 2 is 1.61 bits per heavy atom. The Morgan fingerprint density at radius 3 is 2.34 bits per heavy atom. The van der Waals surface area contributed by atoms with Gasteiger partial charge in [-0.15, -0.1) is 0 Å². The number of anilines is 1. The van der Waals surface area contributed by atoms with Crippen LogP contribution >= 0.6 is 23.2 Å². The number of ketones is 1. The summed E-state index contributed by atoms with van der Waals surface area (Å²) in [7, 11) is 0. The Bertz CT molecular complexity index is 1550. The molecule has 3 aliphatic heterocycles. The summed E-state index contributed by atoms with van der Waals surface area (Å²) in [5.41, 5.74) is 0.523. The Balaban J connectivity index is 1.49. The zero-order chi connectivity index (χ0) is 26.9. The van der Waals surface area contributed by atoms with E-state index in [1.54, 1.807) is 23.2 Å². The van der Waals surface area contributed by atoms with Crippen molar-refractivity contribution in [1.82, 2.24) is 4.90 Å². The van der Waals surface area contributed by atoms with Crippen LogP contribution in [0.5, 0.6) is 0 Å². The van der Waals surface area contributed by atoms with Crippen molar-refractivity contribution in [1.29, 1.82) is 0 Å². The van der Waals surface area contributed by atoms with Crippen molar-refractivity contribution < 1.29 is 27.6 Å². The van der Waals surface area contributed by atoms with Gasteiger partial charge in [-0.05, 0) is 53.6 Å². The second-order valence-corrected chi connectivity index (χ2v) is 10.2. The third-order valence-electron chi connectivity index (χ3n) is 7.36. The Labute approximate surface area is 225 Å². The van der Waals surface area contributed by atoms with Crippen LogP contribution in [0.1, 0.15) is 33.1 Å². The highest BCUT2D eigenvalue weighted by atomic mass is 35.5. The summed E-state index contributed by atoms with van der Waals surface area (Å²) in [6.45, 7) is 0. The average Bonchev–Trinajstić information content (AvgIpc) is 3.35. The van der Waals surface area contributed by atoms with E-state index in [1.807, 2.05) is 18.2 Å². The largest absolute Gasteiger partial charge is 0.416 e. The molecule has 0 N–H and O–H groups in total. The fourth-order valence-electron chi connectivity index (χ4n) is 5.78. The molecule has 2 amide bonds. The number of amides is 2. The molecular weight excluding hydrogens is 540 g/mol. The first kappa shape index (κ1) is 24.7. The smallest absolute Gasteiger partial charge is 0.358 e. The molecule has 3 aromatic carbocycles. The minimum atomic E-state index is -4.66. The normalized spacial score (nSPS) is 23.9. The summed E-state index contributed by atoms with van der Waals surface area (Å²) < 4.78 is 40.3. The molecule has 3 aliphatic rings. The number of Topliss-reactive ketones (excluding diaryl/α,β-unsaturated/α-hetero) is 1. The topological polar surface area (TPSA) is 57.7 Å². The lowest BCUT2D eigenvalue weighted by molar-refractivity contribution is -0.137. The number of nitrogens with zero attached hydrogens (tertiary/aromatic N) is 2. The van der Waals surface area contributed by atoms with Gasteiger partial charge in [-0.2, -0.15) is 13.2 Å². The van der Waals surface area contributed by atoms with E-state index in [1.165, 1.54) is 24.3 Å². The lowest BCUT2D eigenvalue weighted by Gasteiger charge is -2.35. The lowest BCUT2D eigenvalue weighted by Crippen LogP contribution is -2.44. The van der Waals surface area contributed by atoms with Crippen LogP contribution in [-0.2, 0) is 15.8 Å². The quantitative estimate of drug-likeness (QED) is 0.276. The van der Waals surface area contributed by atoms with Crippen LogP contribution in [-0.4, -0.2) is 28.5 Å². The highest BCUT2D eigenvalue weighted by molar-refractivity contribution is 6.37. The van der Waals surface area contributed by atoms with Crippen molar-refractivity contribution in [2.45, 2.75) is 18.3 Å². The van der Waals surface area contributed by atoms with Crippen LogP contribution in [0.2, 0.25) is 10.0 Å². The standard InChI is InChI=1S/C28H17Cl2F3N2O3/c29-16-8-9-19(20(30)13-16)25(36)24-22-21(23-18-7-2-1-4-14(18)10-11-34(23)24)26(37)35(27(22)38)17-6-3-5-15(12-17)28(31,32)33/h1-13,21-24H/t21-,22+,23+,24-/m0/s1. The van der Waals surface area contributed by atoms with Crippen LogP contribution in [0.15, 0.2) is 72.9 Å². The second kappa shape index (κ2) is 8.71. The van der Waals surface area contributed by atoms with Gasteiger partial charge in [0.05, 0.1) is 34.2 Å². The third-order valence-corrected chi connectivity index (χ3v) is 7.91. The molecule has 2 fully saturated rings. The molecule has 38 heavy (non-hydrogen) atoms. The van der Waals surface area contributed by atoms with Crippen LogP contribution in [0.25, 0.3) is 6.08 Å². The summed E-state index contributed by atoms with van der Waals surface area (Å²) in [6, 6.07) is 14.0. The predicted octanol–water partition coefficient (Wildman–Crippen LogP) is 6.41. The molecule has 4 atom stereocenters. The summed E-state index contributed by atoms with van der Waals surface area (Å²) in [6.07, 6.45) is -1.17. The number of benzene rings is 3. The Hall–Kier alpha value is -3.62. The van der Waals surface area contributed by atoms with E-state index in [2.05, 4.69) is 0 Å². The summed E-state index contributed by atoms with van der Waals surface area (Å²) in [5, 5.41) is 0.416. The van der Waals surface area contributed by atoms with Crippen molar-refractivity contribution in [2.75, 3.05) is 4.90 Å². The number of hydrogen-bond donors (Lipinski definition) is 0. The number of carbonyl (C=O) groups is 3. The Kier molecular flexibility index (Phi) is 5.66. The van der Waals surface area contributed by atoms with Crippen molar-refractivity contribution in [2.24, 2.45) is 11.8 Å². The molecule has 3 aromatic rings. The van der Waals surface area contributed by atoms with E-state index in [4.69, 9.17) is 23.2 Å². The molecule has 6 rings (SSSR count). The van der Waals surface area contributed by atoms with Crippen LogP contribution < -0.4 is 4.90 Å². The first-order valence-corrected chi connectivity index (χ1v) is 12.4. The van der Waals surface area contributed by atoms with Gasteiger partial charge in [-0.25, -0.2) is 4.90 Å². The number of rotatable bonds is 3. The number of alkyl halides is 3. The van der Waals surface area contributed by atoms with Crippen LogP contribution in [0, 0.1) is 11.8 Å². The highest BCUT2D eigenvalue weighted by Gasteiger charge is 2.64. The van der Waals surface area contributed by atoms with E-state index in [-0.39, 0.29) is 16.3 Å². The molecule has 0 aromatic heterocycles. The molecule has 0 aliphatic carbocycles. The van der Waals surface area contributed by atoms with E-state index in [0.29, 0.717) is 5.02 Å². The van der Waals surface area contributed by atoms with Gasteiger partial charge in [-0.3, -0.25) is 14.4 Å². The number of hydrogen-bond acceptors (Lipinski definition) is 4. The maximum absolute atomic E-state index is 13.9. The molecule has 5 nitrogen and oxygen atoms in total. The first-order valence-electron chi connectivity index (χ1n) is 11.7. The fraction of sp³-hybridized carbons (Fsp3) is 0.179. The van der Waals surface area contributed by atoms with Crippen molar-refractivity contribution >= 4 is 52.6 Å². The van der Waals surface area contributed by atoms with Gasteiger partial charge in [0.15, 0.2) is 5.78 Å². The molecule has 2 saturated heterocycles. The fourth-order valence-corrected chi connectivity index (χ4v) is 6.28. The van der Waals surface area contributed by atoms with Gasteiger partial charge in [0, 0.05) is 16.8 Å². The number of fused-ring (bicyclic) bond motifs is 5. The molecule has 0 spiro atoms. The predicted molar refractivity (Wildman–Crippen MR) is 136 cm³/mol. The van der Waals surface area contributed by atoms with E-state index < -0.39 is 53.3 Å². The van der Waals surface area contributed by atoms with Gasteiger partial charge in [0.2, 0.25) is 11.8 Å². The Morgan fingerprint density at radius 1 is 0.868 bits per heavy atom. The van der Waals surface area contributed by atoms with Gasteiger partial charge in [0.1, 0.15) is 6.04 Å². The molecule has 10 heteroatoms. The van der Waals surface area contributed by atoms with Crippen LogP contribution in [0.4, 0.5) is 18.9 Å². The maximum atomic E-state index is 13.9. The molecule has 0 saturated carbocycles. The molecule has 3 heterocycles. The van der Waals surface area contributed by atoms with Gasteiger partial charge in [-0.1, -0.05) is 53.5 Å². The van der Waals surface area contributed by atoms with Gasteiger partial charge >= 0.3 is 6.18 Å². The number of carbonyl (C=O) groups excluding carboxylic acids is 3. The van der Waals surface area contributed by atoms with Crippen molar-refractivity contribution in [3.05, 3.63) is 105 Å². The molecule has 0 unspecified atom stereocenters. The monoisotopic (exact) mass is 556 g/mol. The van der Waals surface area contributed by atoms with E-state index in [0.717, 1.165) is 34.2 Å². The molecular formula is C28H17Cl2F3N2O3. The van der Waals surface area contributed by atoms with Crippen molar-refractivity contribution in [3.63, 3.8) is 0 Å². The number of imide groups is 1. The van der Waals surface area contributed by atoms with Crippen molar-refractivity contribution in [3.8, 4) is 0 Å². The minimum Gasteiger partial charge on any atom is -0.358 e. The van der Waals surface area contributed by atoms with E-state index >= 15 is 0 Å². The third kappa shape index (κ3) is 3.66. The second-order valence-electron chi connectivity index (χ2n) is 9.38. The van der Waals surface area contributed by atoms with Gasteiger partial charge < -0.3 is 4.90 Å². The molecule has 0 radical (unpaired) electrons. The van der Waals surface area contributed by atoms with Crippen LogP contribution in [0.3, 0.4) is 0 Å². The summed E-state index contributed by atoms with van der Waals surface area (Å²) >= 11 is 12.3. The minimum absolute atomic E-state index is 0.0930. The summed E-state index contributed by atoms with van der Waals surface area (Å²) in [5.74, 6) is -4.01. The summed E-state index contributed by atoms with van der Waals surface area (Å²) in [4.78, 5) is 44.1. The van der Waals surface area contributed by atoms with E-state index in [9.17, 15) is 27.6 Å². The molecule has 192 valence electrons. The molecule has 0 bridgehead atoms.